The first kappa shape index (κ1) is 14.9. The first-order valence-electron chi connectivity index (χ1n) is 5.45. The van der Waals surface area contributed by atoms with Crippen molar-refractivity contribution in [2.24, 2.45) is 0 Å². The molecule has 1 amide bonds. The monoisotopic (exact) mass is 273 g/mol. The van der Waals surface area contributed by atoms with E-state index in [-0.39, 0.29) is 0 Å². The molecule has 1 heterocycles. The summed E-state index contributed by atoms with van der Waals surface area (Å²) in [5.74, 6) is -5.12. The van der Waals surface area contributed by atoms with Crippen LogP contribution in [0.1, 0.15) is 27.2 Å². The van der Waals surface area contributed by atoms with E-state index in [1.165, 1.54) is 13.8 Å². The summed E-state index contributed by atoms with van der Waals surface area (Å²) in [6, 6.07) is 0. The summed E-state index contributed by atoms with van der Waals surface area (Å²) < 4.78 is 14.2. The fourth-order valence-electron chi connectivity index (χ4n) is 1.60. The van der Waals surface area contributed by atoms with Crippen LogP contribution in [0.5, 0.6) is 0 Å². The number of methoxy groups -OCH3 is 1. The van der Waals surface area contributed by atoms with Crippen molar-refractivity contribution in [2.45, 2.75) is 38.5 Å². The van der Waals surface area contributed by atoms with Crippen molar-refractivity contribution in [3.63, 3.8) is 0 Å². The third-order valence-electron chi connectivity index (χ3n) is 2.40. The smallest absolute Gasteiger partial charge is 0.347 e. The number of hydrogen-bond donors (Lipinski definition) is 1. The van der Waals surface area contributed by atoms with Crippen LogP contribution in [-0.2, 0) is 33.4 Å². The molecule has 106 valence electrons. The van der Waals surface area contributed by atoms with Gasteiger partial charge in [0.15, 0.2) is 0 Å². The molecule has 1 saturated heterocycles. The number of esters is 3. The first-order valence-corrected chi connectivity index (χ1v) is 5.45. The Balaban J connectivity index is 3.15. The van der Waals surface area contributed by atoms with E-state index in [1.54, 1.807) is 0 Å². The molecule has 0 radical (unpaired) electrons. The lowest BCUT2D eigenvalue weighted by molar-refractivity contribution is -0.245. The highest BCUT2D eigenvalue weighted by Crippen LogP contribution is 2.28. The Bertz CT molecular complexity index is 420. The lowest BCUT2D eigenvalue weighted by atomic mass is 9.93. The molecule has 0 aromatic carbocycles. The SMILES string of the molecule is COC(=O)CC1(NC(C)=O)C(=O)OC(C)(C)OC1=O. The number of carbonyl (C=O) groups is 4. The molecule has 1 aliphatic rings. The lowest BCUT2D eigenvalue weighted by Gasteiger charge is -2.39. The maximum Gasteiger partial charge on any atom is 0.347 e. The van der Waals surface area contributed by atoms with Crippen LogP contribution in [0.2, 0.25) is 0 Å². The summed E-state index contributed by atoms with van der Waals surface area (Å²) in [4.78, 5) is 46.5. The zero-order valence-electron chi connectivity index (χ0n) is 11.1. The largest absolute Gasteiger partial charge is 0.469 e. The van der Waals surface area contributed by atoms with Crippen LogP contribution in [0.25, 0.3) is 0 Å². The molecule has 0 atom stereocenters. The predicted octanol–water partition coefficient (Wildman–Crippen LogP) is -0.739. The van der Waals surface area contributed by atoms with E-state index < -0.39 is 41.6 Å². The molecule has 0 spiro atoms. The Hall–Kier alpha value is -2.12. The summed E-state index contributed by atoms with van der Waals surface area (Å²) in [5, 5.41) is 2.11. The fraction of sp³-hybridized carbons (Fsp3) is 0.636. The highest BCUT2D eigenvalue weighted by atomic mass is 16.7. The van der Waals surface area contributed by atoms with Gasteiger partial charge in [-0.05, 0) is 0 Å². The Labute approximate surface area is 109 Å². The van der Waals surface area contributed by atoms with Gasteiger partial charge in [-0.25, -0.2) is 9.59 Å². The van der Waals surface area contributed by atoms with Gasteiger partial charge in [0, 0.05) is 20.8 Å². The van der Waals surface area contributed by atoms with Gasteiger partial charge in [0.05, 0.1) is 13.5 Å². The van der Waals surface area contributed by atoms with Gasteiger partial charge in [-0.3, -0.25) is 9.59 Å². The third-order valence-corrected chi connectivity index (χ3v) is 2.40. The molecule has 8 heteroatoms. The zero-order chi connectivity index (χ0) is 14.8. The molecule has 0 unspecified atom stereocenters. The van der Waals surface area contributed by atoms with E-state index in [4.69, 9.17) is 9.47 Å². The van der Waals surface area contributed by atoms with Gasteiger partial charge >= 0.3 is 17.9 Å². The molecule has 0 aromatic rings. The highest BCUT2D eigenvalue weighted by molar-refractivity contribution is 6.11. The fourth-order valence-corrected chi connectivity index (χ4v) is 1.60. The summed E-state index contributed by atoms with van der Waals surface area (Å²) >= 11 is 0. The second-order valence-electron chi connectivity index (χ2n) is 4.52. The normalized spacial score (nSPS) is 20.0. The number of rotatable bonds is 3. The van der Waals surface area contributed by atoms with E-state index in [9.17, 15) is 19.2 Å². The maximum absolute atomic E-state index is 12.0. The molecule has 0 aliphatic carbocycles. The third kappa shape index (κ3) is 3.01. The van der Waals surface area contributed by atoms with Gasteiger partial charge in [-0.2, -0.15) is 0 Å². The number of nitrogens with one attached hydrogen (secondary N) is 1. The van der Waals surface area contributed by atoms with Gasteiger partial charge < -0.3 is 19.5 Å². The Morgan fingerprint density at radius 3 is 2.05 bits per heavy atom. The minimum absolute atomic E-state index is 0.683. The summed E-state index contributed by atoms with van der Waals surface area (Å²) in [5.41, 5.74) is -2.20. The molecular formula is C11H15NO7. The topological polar surface area (TPSA) is 108 Å². The van der Waals surface area contributed by atoms with Crippen molar-refractivity contribution in [3.05, 3.63) is 0 Å². The van der Waals surface area contributed by atoms with Gasteiger partial charge in [0.25, 0.3) is 5.79 Å². The standard InChI is InChI=1S/C11H15NO7/c1-6(13)12-11(5-7(14)17-4)8(15)18-10(2,3)19-9(11)16/h5H2,1-4H3,(H,12,13). The van der Waals surface area contributed by atoms with Crippen molar-refractivity contribution in [1.82, 2.24) is 5.32 Å². The van der Waals surface area contributed by atoms with Crippen molar-refractivity contribution in [1.29, 1.82) is 0 Å². The number of hydrogen-bond acceptors (Lipinski definition) is 7. The van der Waals surface area contributed by atoms with Crippen molar-refractivity contribution in [3.8, 4) is 0 Å². The van der Waals surface area contributed by atoms with E-state index in [0.29, 0.717) is 0 Å². The van der Waals surface area contributed by atoms with Gasteiger partial charge in [-0.15, -0.1) is 0 Å². The van der Waals surface area contributed by atoms with E-state index >= 15 is 0 Å². The molecule has 8 nitrogen and oxygen atoms in total. The zero-order valence-corrected chi connectivity index (χ0v) is 11.1. The number of carbonyl (C=O) groups excluding carboxylic acids is 4. The molecule has 0 bridgehead atoms. The van der Waals surface area contributed by atoms with Gasteiger partial charge in [0.1, 0.15) is 0 Å². The lowest BCUT2D eigenvalue weighted by Crippen LogP contribution is -2.67. The summed E-state index contributed by atoms with van der Waals surface area (Å²) in [6.45, 7) is 3.82. The average Bonchev–Trinajstić information content (AvgIpc) is 2.23. The van der Waals surface area contributed by atoms with Crippen LogP contribution in [-0.4, -0.2) is 42.3 Å². The Kier molecular flexibility index (Phi) is 3.83. The molecule has 1 rings (SSSR count). The highest BCUT2D eigenvalue weighted by Gasteiger charge is 2.58. The van der Waals surface area contributed by atoms with Crippen LogP contribution in [0, 0.1) is 0 Å². The molecule has 0 aromatic heterocycles. The van der Waals surface area contributed by atoms with Crippen LogP contribution in [0.4, 0.5) is 0 Å². The quantitative estimate of drug-likeness (QED) is 0.533. The molecule has 1 aliphatic heterocycles. The summed E-state index contributed by atoms with van der Waals surface area (Å²) in [7, 11) is 1.09. The van der Waals surface area contributed by atoms with Crippen molar-refractivity contribution in [2.75, 3.05) is 7.11 Å². The second-order valence-corrected chi connectivity index (χ2v) is 4.52. The van der Waals surface area contributed by atoms with Crippen LogP contribution < -0.4 is 5.32 Å². The number of cyclic esters (lactones) is 2. The van der Waals surface area contributed by atoms with Crippen LogP contribution in [0.15, 0.2) is 0 Å². The maximum atomic E-state index is 12.0. The van der Waals surface area contributed by atoms with Gasteiger partial charge in [-0.1, -0.05) is 0 Å². The van der Waals surface area contributed by atoms with E-state index in [2.05, 4.69) is 10.1 Å². The number of amides is 1. The Morgan fingerprint density at radius 1 is 1.21 bits per heavy atom. The second kappa shape index (κ2) is 4.87. The molecular weight excluding hydrogens is 258 g/mol. The molecule has 19 heavy (non-hydrogen) atoms. The minimum Gasteiger partial charge on any atom is -0.469 e. The minimum atomic E-state index is -2.20. The predicted molar refractivity (Wildman–Crippen MR) is 59.4 cm³/mol. The molecule has 1 fully saturated rings. The van der Waals surface area contributed by atoms with Gasteiger partial charge in [0.2, 0.25) is 11.4 Å². The van der Waals surface area contributed by atoms with E-state index in [0.717, 1.165) is 14.0 Å². The van der Waals surface area contributed by atoms with Crippen LogP contribution >= 0.6 is 0 Å². The molecule has 0 saturated carbocycles. The Morgan fingerprint density at radius 2 is 1.68 bits per heavy atom. The molecule has 1 N–H and O–H groups in total. The summed E-state index contributed by atoms with van der Waals surface area (Å²) in [6.07, 6.45) is -0.698. The van der Waals surface area contributed by atoms with Crippen LogP contribution in [0.3, 0.4) is 0 Å². The average molecular weight is 273 g/mol. The van der Waals surface area contributed by atoms with Crippen molar-refractivity contribution < 1.29 is 33.4 Å². The van der Waals surface area contributed by atoms with Crippen molar-refractivity contribution >= 4 is 23.8 Å². The number of ether oxygens (including phenoxy) is 3. The van der Waals surface area contributed by atoms with E-state index in [1.807, 2.05) is 0 Å². The first-order chi connectivity index (χ1) is 8.63.